The average Bonchev–Trinajstić information content (AvgIpc) is 3.99. The van der Waals surface area contributed by atoms with Crippen molar-refractivity contribution in [3.8, 4) is 28.5 Å². The Balaban J connectivity index is 0.992. The molecule has 5 heterocycles. The van der Waals surface area contributed by atoms with Crippen LogP contribution in [0.4, 0.5) is 4.79 Å². The first kappa shape index (κ1) is 36.7. The zero-order valence-electron chi connectivity index (χ0n) is 31.2. The molecule has 8 rings (SSSR count). The summed E-state index contributed by atoms with van der Waals surface area (Å²) in [5.41, 5.74) is 4.24. The predicted molar refractivity (Wildman–Crippen MR) is 201 cm³/mol. The summed E-state index contributed by atoms with van der Waals surface area (Å²) >= 11 is 1.34. The van der Waals surface area contributed by atoms with Gasteiger partial charge >= 0.3 is 6.09 Å². The van der Waals surface area contributed by atoms with Crippen LogP contribution in [0, 0.1) is 11.8 Å². The van der Waals surface area contributed by atoms with Gasteiger partial charge in [0.05, 0.1) is 31.3 Å². The molecule has 3 aromatic carbocycles. The Hall–Kier alpha value is -4.27. The van der Waals surface area contributed by atoms with E-state index in [1.54, 1.807) is 0 Å². The summed E-state index contributed by atoms with van der Waals surface area (Å²) in [6, 6.07) is 22.1. The summed E-state index contributed by atoms with van der Waals surface area (Å²) in [5, 5.41) is 6.08. The van der Waals surface area contributed by atoms with E-state index in [0.29, 0.717) is 45.2 Å². The Morgan fingerprint density at radius 1 is 1.00 bits per heavy atom. The molecule has 0 saturated carbocycles. The van der Waals surface area contributed by atoms with Crippen LogP contribution in [0.25, 0.3) is 11.3 Å². The molecule has 0 radical (unpaired) electrons. The first-order chi connectivity index (χ1) is 26.2. The summed E-state index contributed by atoms with van der Waals surface area (Å²) in [4.78, 5) is 18.5. The van der Waals surface area contributed by atoms with Gasteiger partial charge in [-0.2, -0.15) is 0 Å². The highest BCUT2D eigenvalue weighted by atomic mass is 32.1. The van der Waals surface area contributed by atoms with Crippen molar-refractivity contribution >= 4 is 17.6 Å². The minimum absolute atomic E-state index is 0.0406. The number of rotatable bonds is 13. The number of fused-ring (bicyclic) bond motifs is 2. The molecular formula is C41H48N4O8S. The molecule has 0 bridgehead atoms. The first-order valence-electron chi connectivity index (χ1n) is 18.8. The highest BCUT2D eigenvalue weighted by Crippen LogP contribution is 2.39. The minimum Gasteiger partial charge on any atom is -0.489 e. The number of benzene rings is 3. The van der Waals surface area contributed by atoms with Gasteiger partial charge in [0.15, 0.2) is 17.8 Å². The molecule has 5 atom stereocenters. The molecule has 12 nitrogen and oxygen atoms in total. The first-order valence-corrected chi connectivity index (χ1v) is 19.6. The number of carbonyl (C=O) groups is 1. The molecule has 3 saturated heterocycles. The van der Waals surface area contributed by atoms with Crippen molar-refractivity contribution in [1.29, 1.82) is 0 Å². The van der Waals surface area contributed by atoms with Crippen LogP contribution in [0.15, 0.2) is 72.1 Å². The van der Waals surface area contributed by atoms with Crippen molar-refractivity contribution in [2.45, 2.75) is 84.0 Å². The van der Waals surface area contributed by atoms with E-state index in [1.807, 2.05) is 66.6 Å². The molecule has 1 amide bonds. The smallest absolute Gasteiger partial charge is 0.412 e. The summed E-state index contributed by atoms with van der Waals surface area (Å²) in [7, 11) is 0. The molecular weight excluding hydrogens is 709 g/mol. The van der Waals surface area contributed by atoms with E-state index in [1.165, 1.54) is 11.5 Å². The SMILES string of the molecule is CC(C)CN(Cc1ccc2c(c1)OCO2)C[C@H]1OC(C)(C)N(C(=O)O[C@H]2CO[C@H]3OCC[C@H]32)[C@H]1Cc1ccc(OCc2ccc(-c3csnn3)cc2)cc1. The molecule has 4 aliphatic heterocycles. The van der Waals surface area contributed by atoms with E-state index >= 15 is 0 Å². The molecule has 1 aromatic heterocycles. The standard InChI is InChI=1S/C41H48N4O8S/c1-26(2)19-44(20-29-9-14-35-36(18-29)51-25-50-35)21-37-34(45(41(3,4)53-37)40(46)52-38-23-49-39-32(38)15-16-47-39)17-27-7-12-31(13-8-27)48-22-28-5-10-30(11-6-28)33-24-54-43-42-33/h5-14,18,24,26,32,34,37-39H,15-17,19-23,25H2,1-4H3/t32-,34-,37+,38-,39+/m0/s1. The van der Waals surface area contributed by atoms with Crippen molar-refractivity contribution in [2.24, 2.45) is 11.8 Å². The number of hydrogen-bond acceptors (Lipinski definition) is 12. The van der Waals surface area contributed by atoms with Crippen molar-refractivity contribution in [1.82, 2.24) is 19.4 Å². The van der Waals surface area contributed by atoms with Crippen LogP contribution in [-0.4, -0.2) is 88.8 Å². The Labute approximate surface area is 320 Å². The van der Waals surface area contributed by atoms with Gasteiger partial charge in [0, 0.05) is 30.6 Å². The largest absolute Gasteiger partial charge is 0.489 e. The molecule has 0 N–H and O–H groups in total. The van der Waals surface area contributed by atoms with Gasteiger partial charge in [-0.1, -0.05) is 60.8 Å². The second-order valence-corrected chi connectivity index (χ2v) is 16.0. The molecule has 3 fully saturated rings. The lowest BCUT2D eigenvalue weighted by molar-refractivity contribution is -0.0912. The molecule has 4 aromatic rings. The summed E-state index contributed by atoms with van der Waals surface area (Å²) in [6.45, 7) is 12.1. The molecule has 0 aliphatic carbocycles. The van der Waals surface area contributed by atoms with Gasteiger partial charge in [0.1, 0.15) is 29.9 Å². The van der Waals surface area contributed by atoms with Gasteiger partial charge in [-0.25, -0.2) is 4.79 Å². The fourth-order valence-corrected chi connectivity index (χ4v) is 8.47. The molecule has 4 aliphatic rings. The van der Waals surface area contributed by atoms with Gasteiger partial charge in [-0.3, -0.25) is 9.80 Å². The normalized spacial score (nSPS) is 24.0. The van der Waals surface area contributed by atoms with Crippen LogP contribution in [-0.2, 0) is 38.5 Å². The quantitative estimate of drug-likeness (QED) is 0.142. The maximum absolute atomic E-state index is 14.2. The Morgan fingerprint density at radius 3 is 2.56 bits per heavy atom. The highest BCUT2D eigenvalue weighted by molar-refractivity contribution is 7.03. The summed E-state index contributed by atoms with van der Waals surface area (Å²) < 4.78 is 45.9. The van der Waals surface area contributed by atoms with Crippen molar-refractivity contribution < 1.29 is 38.0 Å². The number of amides is 1. The lowest BCUT2D eigenvalue weighted by Crippen LogP contribution is -2.51. The number of aromatic nitrogens is 2. The average molecular weight is 757 g/mol. The Kier molecular flexibility index (Phi) is 10.8. The molecule has 0 unspecified atom stereocenters. The summed E-state index contributed by atoms with van der Waals surface area (Å²) in [5.74, 6) is 2.76. The van der Waals surface area contributed by atoms with Crippen LogP contribution in [0.3, 0.4) is 0 Å². The zero-order chi connectivity index (χ0) is 37.2. The van der Waals surface area contributed by atoms with E-state index < -0.39 is 11.8 Å². The maximum Gasteiger partial charge on any atom is 0.412 e. The lowest BCUT2D eigenvalue weighted by atomic mass is 9.99. The third-order valence-electron chi connectivity index (χ3n) is 10.5. The van der Waals surface area contributed by atoms with Gasteiger partial charge in [-0.15, -0.1) is 5.10 Å². The number of nitrogens with zero attached hydrogens (tertiary/aromatic N) is 4. The van der Waals surface area contributed by atoms with E-state index in [9.17, 15) is 4.79 Å². The van der Waals surface area contributed by atoms with Gasteiger partial charge < -0.3 is 33.2 Å². The fourth-order valence-electron chi connectivity index (χ4n) is 8.01. The lowest BCUT2D eigenvalue weighted by Gasteiger charge is -2.34. The van der Waals surface area contributed by atoms with Crippen LogP contribution in [0.2, 0.25) is 0 Å². The van der Waals surface area contributed by atoms with Crippen LogP contribution in [0.1, 0.15) is 50.8 Å². The third-order valence-corrected chi connectivity index (χ3v) is 11.0. The van der Waals surface area contributed by atoms with Crippen molar-refractivity contribution in [3.05, 3.63) is 88.8 Å². The van der Waals surface area contributed by atoms with E-state index in [4.69, 9.17) is 33.2 Å². The van der Waals surface area contributed by atoms with Crippen molar-refractivity contribution in [2.75, 3.05) is 33.1 Å². The minimum atomic E-state index is -0.908. The van der Waals surface area contributed by atoms with Crippen molar-refractivity contribution in [3.63, 3.8) is 0 Å². The molecule has 286 valence electrons. The fraction of sp³-hybridized carbons (Fsp3) is 0.488. The molecule has 13 heteroatoms. The van der Waals surface area contributed by atoms with Crippen LogP contribution >= 0.6 is 11.5 Å². The van der Waals surface area contributed by atoms with E-state index in [0.717, 1.165) is 58.2 Å². The molecule has 54 heavy (non-hydrogen) atoms. The van der Waals surface area contributed by atoms with E-state index in [2.05, 4.69) is 52.6 Å². The highest BCUT2D eigenvalue weighted by Gasteiger charge is 2.52. The van der Waals surface area contributed by atoms with E-state index in [-0.39, 0.29) is 37.3 Å². The number of ether oxygens (including phenoxy) is 7. The zero-order valence-corrected chi connectivity index (χ0v) is 32.0. The van der Waals surface area contributed by atoms with Gasteiger partial charge in [0.2, 0.25) is 6.79 Å². The second kappa shape index (κ2) is 15.8. The Bertz CT molecular complexity index is 1870. The summed E-state index contributed by atoms with van der Waals surface area (Å²) in [6.07, 6.45) is 0.0324. The Morgan fingerprint density at radius 2 is 1.78 bits per heavy atom. The van der Waals surface area contributed by atoms with Gasteiger partial charge in [-0.05, 0) is 85.1 Å². The number of carbonyl (C=O) groups excluding carboxylic acids is 1. The number of hydrogen-bond donors (Lipinski definition) is 0. The topological polar surface area (TPSA) is 114 Å². The third kappa shape index (κ3) is 8.20. The van der Waals surface area contributed by atoms with Crippen LogP contribution in [0.5, 0.6) is 17.2 Å². The van der Waals surface area contributed by atoms with Gasteiger partial charge in [0.25, 0.3) is 0 Å². The van der Waals surface area contributed by atoms with Crippen LogP contribution < -0.4 is 14.2 Å². The molecule has 0 spiro atoms. The predicted octanol–water partition coefficient (Wildman–Crippen LogP) is 6.92. The maximum atomic E-state index is 14.2. The second-order valence-electron chi connectivity index (χ2n) is 15.4. The monoisotopic (exact) mass is 756 g/mol.